The van der Waals surface area contributed by atoms with Crippen LogP contribution in [0, 0.1) is 23.0 Å². The van der Waals surface area contributed by atoms with E-state index in [0.29, 0.717) is 18.8 Å². The third-order valence-corrected chi connectivity index (χ3v) is 4.96. The highest BCUT2D eigenvalue weighted by atomic mass is 19.1. The van der Waals surface area contributed by atoms with Gasteiger partial charge < -0.3 is 10.5 Å². The Morgan fingerprint density at radius 1 is 1.23 bits per heavy atom. The fourth-order valence-electron chi connectivity index (χ4n) is 3.42. The Labute approximate surface area is 150 Å². The van der Waals surface area contributed by atoms with Crippen LogP contribution in [0.15, 0.2) is 24.3 Å². The van der Waals surface area contributed by atoms with Crippen LogP contribution in [0.25, 0.3) is 0 Å². The largest absolute Gasteiger partial charge is 0.479 e. The summed E-state index contributed by atoms with van der Waals surface area (Å²) in [5.74, 6) is -1.95. The van der Waals surface area contributed by atoms with Crippen LogP contribution in [0.2, 0.25) is 0 Å². The van der Waals surface area contributed by atoms with Crippen LogP contribution in [-0.2, 0) is 12.8 Å². The van der Waals surface area contributed by atoms with Gasteiger partial charge in [-0.05, 0) is 54.7 Å². The number of rotatable bonds is 7. The molecule has 1 amide bonds. The highest BCUT2D eigenvalue weighted by Gasteiger charge is 2.42. The van der Waals surface area contributed by atoms with Gasteiger partial charge in [0.25, 0.3) is 11.8 Å². The van der Waals surface area contributed by atoms with E-state index in [4.69, 9.17) is 10.5 Å². The van der Waals surface area contributed by atoms with Gasteiger partial charge in [0, 0.05) is 0 Å². The van der Waals surface area contributed by atoms with E-state index in [-0.39, 0.29) is 28.6 Å². The molecule has 0 aliphatic heterocycles. The predicted molar refractivity (Wildman–Crippen MR) is 91.7 cm³/mol. The molecule has 0 saturated heterocycles. The standard InChI is InChI=1S/C19H21F2N3O2/c1-19(12-5-6-12,9-11-3-7-13(20)8-4-11)10-14-15(21)18(26-2)24-17(23-14)16(22)25/h3-4,7-8,12H,5-6,9-10H2,1-2H3,(H2,22,25). The van der Waals surface area contributed by atoms with Gasteiger partial charge in [-0.15, -0.1) is 0 Å². The monoisotopic (exact) mass is 361 g/mol. The number of ether oxygens (including phenoxy) is 1. The molecule has 138 valence electrons. The lowest BCUT2D eigenvalue weighted by atomic mass is 9.75. The van der Waals surface area contributed by atoms with E-state index < -0.39 is 11.7 Å². The number of methoxy groups -OCH3 is 1. The van der Waals surface area contributed by atoms with Gasteiger partial charge in [-0.2, -0.15) is 9.37 Å². The number of halogens is 2. The Balaban J connectivity index is 1.94. The summed E-state index contributed by atoms with van der Waals surface area (Å²) >= 11 is 0. The number of nitrogens with two attached hydrogens (primary N) is 1. The Hall–Kier alpha value is -2.57. The van der Waals surface area contributed by atoms with Gasteiger partial charge in [-0.25, -0.2) is 9.37 Å². The number of nitrogens with zero attached hydrogens (tertiary/aromatic N) is 2. The quantitative estimate of drug-likeness (QED) is 0.822. The molecule has 1 fully saturated rings. The second-order valence-corrected chi connectivity index (χ2v) is 7.09. The average molecular weight is 361 g/mol. The number of hydrogen-bond donors (Lipinski definition) is 1. The highest BCUT2D eigenvalue weighted by Crippen LogP contribution is 2.49. The van der Waals surface area contributed by atoms with Crippen LogP contribution in [0.1, 0.15) is 41.6 Å². The third kappa shape index (κ3) is 3.81. The van der Waals surface area contributed by atoms with Crippen molar-refractivity contribution in [2.24, 2.45) is 17.1 Å². The first-order valence-corrected chi connectivity index (χ1v) is 8.47. The fraction of sp³-hybridized carbons (Fsp3) is 0.421. The molecule has 1 unspecified atom stereocenters. The molecular formula is C19H21F2N3O2. The van der Waals surface area contributed by atoms with Gasteiger partial charge in [-0.1, -0.05) is 19.1 Å². The molecule has 1 aliphatic rings. The van der Waals surface area contributed by atoms with Gasteiger partial charge in [0.1, 0.15) is 5.82 Å². The van der Waals surface area contributed by atoms with Gasteiger partial charge in [0.05, 0.1) is 12.8 Å². The maximum absolute atomic E-state index is 14.7. The van der Waals surface area contributed by atoms with E-state index in [1.54, 1.807) is 12.1 Å². The summed E-state index contributed by atoms with van der Waals surface area (Å²) in [6.07, 6.45) is 3.05. The molecule has 1 aliphatic carbocycles. The summed E-state index contributed by atoms with van der Waals surface area (Å²) in [6.45, 7) is 2.06. The first kappa shape index (κ1) is 18.2. The summed E-state index contributed by atoms with van der Waals surface area (Å²) < 4.78 is 32.8. The molecule has 3 rings (SSSR count). The molecule has 5 nitrogen and oxygen atoms in total. The summed E-state index contributed by atoms with van der Waals surface area (Å²) in [5, 5.41) is 0. The molecule has 1 saturated carbocycles. The topological polar surface area (TPSA) is 78.1 Å². The first-order chi connectivity index (χ1) is 12.3. The molecule has 7 heteroatoms. The zero-order chi connectivity index (χ0) is 18.9. The summed E-state index contributed by atoms with van der Waals surface area (Å²) in [6, 6.07) is 6.31. The van der Waals surface area contributed by atoms with Crippen LogP contribution < -0.4 is 10.5 Å². The average Bonchev–Trinajstić information content (AvgIpc) is 3.44. The number of hydrogen-bond acceptors (Lipinski definition) is 4. The molecule has 0 radical (unpaired) electrons. The molecular weight excluding hydrogens is 340 g/mol. The molecule has 2 N–H and O–H groups in total. The van der Waals surface area contributed by atoms with Crippen molar-refractivity contribution in [3.05, 3.63) is 53.0 Å². The van der Waals surface area contributed by atoms with Gasteiger partial charge in [-0.3, -0.25) is 4.79 Å². The molecule has 1 heterocycles. The Morgan fingerprint density at radius 2 is 1.88 bits per heavy atom. The minimum Gasteiger partial charge on any atom is -0.479 e. The Kier molecular flexibility index (Phi) is 4.89. The van der Waals surface area contributed by atoms with Crippen LogP contribution in [-0.4, -0.2) is 23.0 Å². The van der Waals surface area contributed by atoms with Gasteiger partial charge >= 0.3 is 0 Å². The zero-order valence-electron chi connectivity index (χ0n) is 14.8. The van der Waals surface area contributed by atoms with Crippen molar-refractivity contribution in [2.75, 3.05) is 7.11 Å². The fourth-order valence-corrected chi connectivity index (χ4v) is 3.42. The number of primary amides is 1. The zero-order valence-corrected chi connectivity index (χ0v) is 14.8. The lowest BCUT2D eigenvalue weighted by molar-refractivity contribution is 0.0988. The lowest BCUT2D eigenvalue weighted by Gasteiger charge is -2.30. The lowest BCUT2D eigenvalue weighted by Crippen LogP contribution is -2.28. The van der Waals surface area contributed by atoms with Crippen LogP contribution in [0.5, 0.6) is 5.88 Å². The van der Waals surface area contributed by atoms with Crippen LogP contribution in [0.3, 0.4) is 0 Å². The minimum absolute atomic E-state index is 0.113. The van der Waals surface area contributed by atoms with Crippen molar-refractivity contribution in [2.45, 2.75) is 32.6 Å². The van der Waals surface area contributed by atoms with E-state index in [1.807, 2.05) is 0 Å². The number of carbonyl (C=O) groups excluding carboxylic acids is 1. The Bertz CT molecular complexity index is 822. The van der Waals surface area contributed by atoms with Crippen LogP contribution >= 0.6 is 0 Å². The summed E-state index contributed by atoms with van der Waals surface area (Å²) in [7, 11) is 1.28. The minimum atomic E-state index is -0.837. The normalized spacial score (nSPS) is 16.2. The van der Waals surface area contributed by atoms with E-state index in [9.17, 15) is 13.6 Å². The summed E-state index contributed by atoms with van der Waals surface area (Å²) in [5.41, 5.74) is 6.05. The summed E-state index contributed by atoms with van der Waals surface area (Å²) in [4.78, 5) is 19.2. The maximum atomic E-state index is 14.7. The molecule has 1 atom stereocenters. The second-order valence-electron chi connectivity index (χ2n) is 7.09. The molecule has 0 bridgehead atoms. The van der Waals surface area contributed by atoms with Crippen molar-refractivity contribution in [3.63, 3.8) is 0 Å². The number of carbonyl (C=O) groups is 1. The van der Waals surface area contributed by atoms with E-state index in [2.05, 4.69) is 16.9 Å². The molecule has 1 aromatic carbocycles. The highest BCUT2D eigenvalue weighted by molar-refractivity contribution is 5.88. The number of amides is 1. The van der Waals surface area contributed by atoms with E-state index in [0.717, 1.165) is 18.4 Å². The van der Waals surface area contributed by atoms with Crippen molar-refractivity contribution in [1.82, 2.24) is 9.97 Å². The molecule has 1 aromatic heterocycles. The van der Waals surface area contributed by atoms with Crippen molar-refractivity contribution < 1.29 is 18.3 Å². The predicted octanol–water partition coefficient (Wildman–Crippen LogP) is 3.06. The first-order valence-electron chi connectivity index (χ1n) is 8.47. The van der Waals surface area contributed by atoms with E-state index in [1.165, 1.54) is 19.2 Å². The molecule has 26 heavy (non-hydrogen) atoms. The van der Waals surface area contributed by atoms with Crippen molar-refractivity contribution >= 4 is 5.91 Å². The molecule has 2 aromatic rings. The van der Waals surface area contributed by atoms with E-state index >= 15 is 0 Å². The van der Waals surface area contributed by atoms with Crippen molar-refractivity contribution in [3.8, 4) is 5.88 Å². The Morgan fingerprint density at radius 3 is 2.42 bits per heavy atom. The van der Waals surface area contributed by atoms with Gasteiger partial charge in [0.15, 0.2) is 0 Å². The number of benzene rings is 1. The SMILES string of the molecule is COc1nc(C(N)=O)nc(CC(C)(Cc2ccc(F)cc2)C2CC2)c1F. The molecule has 0 spiro atoms. The second kappa shape index (κ2) is 6.97. The third-order valence-electron chi connectivity index (χ3n) is 4.96. The van der Waals surface area contributed by atoms with Gasteiger partial charge in [0.2, 0.25) is 11.6 Å². The maximum Gasteiger partial charge on any atom is 0.286 e. The number of aromatic nitrogens is 2. The van der Waals surface area contributed by atoms with Crippen molar-refractivity contribution in [1.29, 1.82) is 0 Å². The van der Waals surface area contributed by atoms with Crippen LogP contribution in [0.4, 0.5) is 8.78 Å². The smallest absolute Gasteiger partial charge is 0.286 e.